The number of anilines is 2. The highest BCUT2D eigenvalue weighted by molar-refractivity contribution is 5.93. The average Bonchev–Trinajstić information content (AvgIpc) is 2.71. The number of carbonyl (C=O) groups excluding carboxylic acids is 2. The molecule has 29 heavy (non-hydrogen) atoms. The Morgan fingerprint density at radius 1 is 1.00 bits per heavy atom. The number of hydrogen-bond acceptors (Lipinski definition) is 5. The molecule has 1 aromatic heterocycles. The van der Waals surface area contributed by atoms with Crippen molar-refractivity contribution in [3.8, 4) is 0 Å². The second-order valence-corrected chi connectivity index (χ2v) is 7.54. The maximum Gasteiger partial charge on any atom is 0.279 e. The zero-order valence-corrected chi connectivity index (χ0v) is 17.3. The van der Waals surface area contributed by atoms with Crippen LogP contribution in [0.1, 0.15) is 11.1 Å². The van der Waals surface area contributed by atoms with Gasteiger partial charge in [0.05, 0.1) is 7.05 Å². The van der Waals surface area contributed by atoms with Crippen molar-refractivity contribution < 1.29 is 14.5 Å². The van der Waals surface area contributed by atoms with Gasteiger partial charge >= 0.3 is 0 Å². The lowest BCUT2D eigenvalue weighted by molar-refractivity contribution is -0.862. The molecule has 8 nitrogen and oxygen atoms in total. The Bertz CT molecular complexity index is 829. The van der Waals surface area contributed by atoms with Crippen molar-refractivity contribution in [3.05, 3.63) is 47.8 Å². The van der Waals surface area contributed by atoms with Crippen LogP contribution in [0.2, 0.25) is 0 Å². The van der Waals surface area contributed by atoms with Crippen LogP contribution in [0.5, 0.6) is 0 Å². The molecule has 1 aliphatic rings. The molecule has 2 heterocycles. The quantitative estimate of drug-likeness (QED) is 0.711. The molecule has 0 bridgehead atoms. The Morgan fingerprint density at radius 2 is 1.62 bits per heavy atom. The van der Waals surface area contributed by atoms with Crippen molar-refractivity contribution in [2.24, 2.45) is 0 Å². The zero-order chi connectivity index (χ0) is 20.8. The van der Waals surface area contributed by atoms with Crippen LogP contribution in [0.4, 0.5) is 11.6 Å². The van der Waals surface area contributed by atoms with E-state index in [4.69, 9.17) is 0 Å². The Morgan fingerprint density at radius 3 is 2.24 bits per heavy atom. The summed E-state index contributed by atoms with van der Waals surface area (Å²) < 4.78 is 0. The van der Waals surface area contributed by atoms with Crippen LogP contribution < -0.4 is 15.1 Å². The van der Waals surface area contributed by atoms with Gasteiger partial charge in [0.1, 0.15) is 0 Å². The van der Waals surface area contributed by atoms with E-state index in [-0.39, 0.29) is 18.4 Å². The molecule has 0 spiro atoms. The summed E-state index contributed by atoms with van der Waals surface area (Å²) >= 11 is 0. The van der Waals surface area contributed by atoms with E-state index in [1.165, 1.54) is 0 Å². The first-order valence-electron chi connectivity index (χ1n) is 9.91. The average molecular weight is 398 g/mol. The van der Waals surface area contributed by atoms with Crippen LogP contribution in [-0.4, -0.2) is 73.0 Å². The molecule has 0 aliphatic carbocycles. The van der Waals surface area contributed by atoms with Crippen LogP contribution in [0.25, 0.3) is 0 Å². The molecule has 0 radical (unpaired) electrons. The molecule has 154 valence electrons. The minimum atomic E-state index is -0.0845. The number of aryl methyl sites for hydroxylation is 2. The molecule has 3 rings (SSSR count). The summed E-state index contributed by atoms with van der Waals surface area (Å²) in [4.78, 5) is 38.4. The Labute approximate surface area is 171 Å². The van der Waals surface area contributed by atoms with E-state index in [0.29, 0.717) is 38.7 Å². The molecule has 1 aromatic carbocycles. The minimum Gasteiger partial charge on any atom is -0.337 e. The van der Waals surface area contributed by atoms with Crippen LogP contribution in [0.15, 0.2) is 36.7 Å². The van der Waals surface area contributed by atoms with Gasteiger partial charge in [-0.25, -0.2) is 9.97 Å². The number of likely N-dealkylation sites (N-methyl/N-ethyl adjacent to an activating group) is 1. The van der Waals surface area contributed by atoms with Gasteiger partial charge in [0.2, 0.25) is 5.95 Å². The van der Waals surface area contributed by atoms with E-state index in [1.54, 1.807) is 18.5 Å². The summed E-state index contributed by atoms with van der Waals surface area (Å²) in [6.45, 7) is 7.19. The second kappa shape index (κ2) is 9.47. The summed E-state index contributed by atoms with van der Waals surface area (Å²) in [5.41, 5.74) is 2.93. The number of carbonyl (C=O) groups is 2. The third-order valence-electron chi connectivity index (χ3n) is 5.13. The molecule has 1 unspecified atom stereocenters. The summed E-state index contributed by atoms with van der Waals surface area (Å²) in [5.74, 6) is 0.681. The number of para-hydroxylation sites is 1. The number of rotatable bonds is 6. The number of benzene rings is 1. The van der Waals surface area contributed by atoms with Gasteiger partial charge in [0, 0.05) is 44.3 Å². The zero-order valence-electron chi connectivity index (χ0n) is 17.3. The van der Waals surface area contributed by atoms with E-state index >= 15 is 0 Å². The fourth-order valence-corrected chi connectivity index (χ4v) is 3.51. The van der Waals surface area contributed by atoms with Gasteiger partial charge < -0.3 is 20.0 Å². The van der Waals surface area contributed by atoms with Gasteiger partial charge in [-0.05, 0) is 31.0 Å². The molecular formula is C21H29N6O2+. The first-order chi connectivity index (χ1) is 13.9. The molecule has 2 N–H and O–H groups in total. The molecule has 1 fully saturated rings. The van der Waals surface area contributed by atoms with Crippen LogP contribution >= 0.6 is 0 Å². The smallest absolute Gasteiger partial charge is 0.279 e. The van der Waals surface area contributed by atoms with Crippen LogP contribution in [-0.2, 0) is 9.59 Å². The van der Waals surface area contributed by atoms with E-state index in [2.05, 4.69) is 20.2 Å². The van der Waals surface area contributed by atoms with Crippen molar-refractivity contribution in [3.63, 3.8) is 0 Å². The number of nitrogens with one attached hydrogen (secondary N) is 2. The van der Waals surface area contributed by atoms with Crippen molar-refractivity contribution in [1.29, 1.82) is 0 Å². The number of amides is 2. The first-order valence-corrected chi connectivity index (χ1v) is 9.91. The molecule has 1 atom stereocenters. The largest absolute Gasteiger partial charge is 0.337 e. The molecule has 1 saturated heterocycles. The topological polar surface area (TPSA) is 82.9 Å². The third-order valence-corrected chi connectivity index (χ3v) is 5.13. The lowest BCUT2D eigenvalue weighted by atomic mass is 10.1. The number of quaternary nitrogens is 1. The molecule has 2 amide bonds. The summed E-state index contributed by atoms with van der Waals surface area (Å²) in [6.07, 6.45) is 3.45. The SMILES string of the molecule is Cc1cccc(C)c1NC(=O)C[NH+](C)CC(=O)N1CCN(c2ncccn2)CC1. The Hall–Kier alpha value is -3.00. The highest BCUT2D eigenvalue weighted by Crippen LogP contribution is 2.18. The van der Waals surface area contributed by atoms with Gasteiger partial charge in [0.25, 0.3) is 11.8 Å². The van der Waals surface area contributed by atoms with Crippen molar-refractivity contribution in [2.75, 3.05) is 56.5 Å². The number of hydrogen-bond donors (Lipinski definition) is 2. The molecular weight excluding hydrogens is 368 g/mol. The summed E-state index contributed by atoms with van der Waals surface area (Å²) in [5, 5.41) is 2.98. The van der Waals surface area contributed by atoms with Crippen molar-refractivity contribution in [1.82, 2.24) is 14.9 Å². The number of aromatic nitrogens is 2. The lowest BCUT2D eigenvalue weighted by Gasteiger charge is -2.34. The van der Waals surface area contributed by atoms with Gasteiger partial charge in [0.15, 0.2) is 13.1 Å². The van der Waals surface area contributed by atoms with Gasteiger partial charge in [-0.3, -0.25) is 9.59 Å². The maximum absolute atomic E-state index is 12.6. The molecule has 2 aromatic rings. The summed E-state index contributed by atoms with van der Waals surface area (Å²) in [6, 6.07) is 7.71. The van der Waals surface area contributed by atoms with E-state index in [9.17, 15) is 9.59 Å². The standard InChI is InChI=1S/C21H28N6O2/c1-16-6-4-7-17(2)20(16)24-18(28)14-25(3)15-19(29)26-10-12-27(13-11-26)21-22-8-5-9-23-21/h4-9H,10-15H2,1-3H3,(H,24,28)/p+1. The second-order valence-electron chi connectivity index (χ2n) is 7.54. The Balaban J connectivity index is 1.45. The van der Waals surface area contributed by atoms with Crippen molar-refractivity contribution in [2.45, 2.75) is 13.8 Å². The highest BCUT2D eigenvalue weighted by Gasteiger charge is 2.25. The Kier molecular flexibility index (Phi) is 6.77. The maximum atomic E-state index is 12.6. The normalized spacial score (nSPS) is 15.1. The van der Waals surface area contributed by atoms with E-state index in [0.717, 1.165) is 21.7 Å². The minimum absolute atomic E-state index is 0.0657. The highest BCUT2D eigenvalue weighted by atomic mass is 16.2. The predicted octanol–water partition coefficient (Wildman–Crippen LogP) is -0.105. The fraction of sp³-hybridized carbons (Fsp3) is 0.429. The molecule has 0 saturated carbocycles. The third kappa shape index (κ3) is 5.51. The van der Waals surface area contributed by atoms with Gasteiger partial charge in [-0.2, -0.15) is 0 Å². The van der Waals surface area contributed by atoms with Crippen LogP contribution in [0.3, 0.4) is 0 Å². The number of nitrogens with zero attached hydrogens (tertiary/aromatic N) is 4. The van der Waals surface area contributed by atoms with Gasteiger partial charge in [-0.1, -0.05) is 18.2 Å². The van der Waals surface area contributed by atoms with Crippen molar-refractivity contribution >= 4 is 23.5 Å². The predicted molar refractivity (Wildman–Crippen MR) is 112 cm³/mol. The molecule has 8 heteroatoms. The summed E-state index contributed by atoms with van der Waals surface area (Å²) in [7, 11) is 1.87. The monoisotopic (exact) mass is 397 g/mol. The number of piperazine rings is 1. The molecule has 1 aliphatic heterocycles. The van der Waals surface area contributed by atoms with Crippen LogP contribution in [0, 0.1) is 13.8 Å². The lowest BCUT2D eigenvalue weighted by Crippen LogP contribution is -3.11. The fourth-order valence-electron chi connectivity index (χ4n) is 3.51. The van der Waals surface area contributed by atoms with E-state index < -0.39 is 0 Å². The van der Waals surface area contributed by atoms with E-state index in [1.807, 2.05) is 44.0 Å². The van der Waals surface area contributed by atoms with Gasteiger partial charge in [-0.15, -0.1) is 0 Å². The first kappa shape index (κ1) is 20.7.